The normalized spacial score (nSPS) is 15.2. The summed E-state index contributed by atoms with van der Waals surface area (Å²) >= 11 is 1.10. The lowest BCUT2D eigenvalue weighted by Crippen LogP contribution is -2.47. The van der Waals surface area contributed by atoms with Crippen molar-refractivity contribution in [3.8, 4) is 17.2 Å². The molecule has 2 N–H and O–H groups in total. The van der Waals surface area contributed by atoms with Gasteiger partial charge in [-0.3, -0.25) is 18.5 Å². The average molecular weight is 618 g/mol. The molecule has 0 bridgehead atoms. The minimum atomic E-state index is -0.957. The number of nitrogen functional groups attached to an aromatic ring is 1. The van der Waals surface area contributed by atoms with Crippen LogP contribution in [0.1, 0.15) is 6.42 Å². The molecule has 222 valence electrons. The maximum Gasteiger partial charge on any atom is 0.309 e. The Hall–Kier alpha value is -3.82. The van der Waals surface area contributed by atoms with Gasteiger partial charge in [0.05, 0.1) is 24.1 Å². The number of hydrogen-bond acceptors (Lipinski definition) is 10. The molecule has 0 radical (unpaired) electrons. The SMILES string of the molecule is CS(=O)CCCOc1cc(N2CCN(CCn3c(=O)sc4c3nc(N)n3nc(-c5ccco5)cc43)CC2)c(F)cc1F. The molecule has 4 aromatic heterocycles. The number of hydrogen-bond donors (Lipinski definition) is 1. The number of furan rings is 1. The molecule has 6 rings (SSSR count). The van der Waals surface area contributed by atoms with Gasteiger partial charge in [0.1, 0.15) is 16.2 Å². The van der Waals surface area contributed by atoms with Crippen molar-refractivity contribution in [2.75, 3.05) is 62.0 Å². The molecule has 1 saturated heterocycles. The van der Waals surface area contributed by atoms with Crippen LogP contribution in [0.4, 0.5) is 20.4 Å². The second kappa shape index (κ2) is 11.8. The molecule has 1 aliphatic heterocycles. The quantitative estimate of drug-likeness (QED) is 0.235. The highest BCUT2D eigenvalue weighted by Crippen LogP contribution is 2.30. The Kier molecular flexibility index (Phi) is 7.96. The number of thiazole rings is 1. The molecule has 5 heterocycles. The molecule has 1 atom stereocenters. The van der Waals surface area contributed by atoms with Gasteiger partial charge in [-0.25, -0.2) is 8.78 Å². The lowest BCUT2D eigenvalue weighted by Gasteiger charge is -2.36. The van der Waals surface area contributed by atoms with Crippen LogP contribution in [0.5, 0.6) is 5.75 Å². The highest BCUT2D eigenvalue weighted by atomic mass is 32.2. The fourth-order valence-electron chi connectivity index (χ4n) is 5.06. The van der Waals surface area contributed by atoms with Gasteiger partial charge in [0, 0.05) is 74.2 Å². The molecule has 15 heteroatoms. The van der Waals surface area contributed by atoms with E-state index in [-0.39, 0.29) is 28.9 Å². The summed E-state index contributed by atoms with van der Waals surface area (Å²) in [5.74, 6) is -0.220. The number of benzene rings is 1. The van der Waals surface area contributed by atoms with E-state index in [1.807, 2.05) is 11.0 Å². The summed E-state index contributed by atoms with van der Waals surface area (Å²) in [6, 6.07) is 7.64. The Morgan fingerprint density at radius 3 is 2.69 bits per heavy atom. The van der Waals surface area contributed by atoms with E-state index in [0.29, 0.717) is 78.8 Å². The van der Waals surface area contributed by atoms with E-state index in [2.05, 4.69) is 15.0 Å². The van der Waals surface area contributed by atoms with E-state index in [0.717, 1.165) is 17.4 Å². The summed E-state index contributed by atoms with van der Waals surface area (Å²) in [7, 11) is -0.957. The first-order valence-electron chi connectivity index (χ1n) is 13.4. The van der Waals surface area contributed by atoms with Crippen LogP contribution in [0.2, 0.25) is 0 Å². The number of nitrogens with two attached hydrogens (primary N) is 1. The number of nitrogens with zero attached hydrogens (tertiary/aromatic N) is 6. The molecule has 0 spiro atoms. The maximum absolute atomic E-state index is 14.7. The largest absolute Gasteiger partial charge is 0.490 e. The van der Waals surface area contributed by atoms with Crippen LogP contribution < -0.4 is 20.2 Å². The van der Waals surface area contributed by atoms with Gasteiger partial charge in [-0.1, -0.05) is 11.3 Å². The third-order valence-corrected chi connectivity index (χ3v) is 9.06. The Balaban J connectivity index is 1.12. The van der Waals surface area contributed by atoms with Crippen LogP contribution in [0.15, 0.2) is 45.8 Å². The zero-order valence-electron chi connectivity index (χ0n) is 22.8. The smallest absolute Gasteiger partial charge is 0.309 e. The molecule has 1 unspecified atom stereocenters. The van der Waals surface area contributed by atoms with E-state index >= 15 is 0 Å². The van der Waals surface area contributed by atoms with Crippen molar-refractivity contribution in [2.24, 2.45) is 0 Å². The fraction of sp³-hybridized carbons (Fsp3) is 0.370. The van der Waals surface area contributed by atoms with E-state index in [9.17, 15) is 17.8 Å². The van der Waals surface area contributed by atoms with Crippen molar-refractivity contribution in [3.05, 3.63) is 57.9 Å². The number of piperazine rings is 1. The minimum absolute atomic E-state index is 0.0187. The standard InChI is InChI=1S/C27H29F2N7O4S2/c1-42(38)13-3-12-40-23-16-20(17(28)14-18(23)29)34-8-5-33(6-9-34)7-10-35-25-24(41-27(35)37)21-15-19(22-4-2-11-39-22)32-36(21)26(30)31-25/h2,4,11,14-16H,3,5-10,12-13H2,1H3,(H2,30,31). The summed E-state index contributed by atoms with van der Waals surface area (Å²) < 4.78 is 55.0. The zero-order valence-corrected chi connectivity index (χ0v) is 24.4. The average Bonchev–Trinajstić information content (AvgIpc) is 3.71. The number of anilines is 2. The van der Waals surface area contributed by atoms with Gasteiger partial charge in [-0.05, 0) is 24.6 Å². The Bertz CT molecular complexity index is 1810. The van der Waals surface area contributed by atoms with Gasteiger partial charge in [0.2, 0.25) is 5.95 Å². The number of rotatable bonds is 10. The van der Waals surface area contributed by atoms with Crippen molar-refractivity contribution in [3.63, 3.8) is 0 Å². The van der Waals surface area contributed by atoms with Gasteiger partial charge in [0.25, 0.3) is 0 Å². The third-order valence-electron chi connectivity index (χ3n) is 7.21. The summed E-state index contributed by atoms with van der Waals surface area (Å²) in [6.07, 6.45) is 3.67. The maximum atomic E-state index is 14.7. The highest BCUT2D eigenvalue weighted by Gasteiger charge is 2.23. The molecule has 0 amide bonds. The zero-order chi connectivity index (χ0) is 29.4. The van der Waals surface area contributed by atoms with Crippen LogP contribution in [-0.2, 0) is 17.3 Å². The van der Waals surface area contributed by atoms with E-state index in [1.165, 1.54) is 10.6 Å². The van der Waals surface area contributed by atoms with Crippen LogP contribution >= 0.6 is 11.3 Å². The van der Waals surface area contributed by atoms with Gasteiger partial charge < -0.3 is 19.8 Å². The van der Waals surface area contributed by atoms with E-state index in [4.69, 9.17) is 14.9 Å². The third kappa shape index (κ3) is 5.63. The van der Waals surface area contributed by atoms with Crippen molar-refractivity contribution >= 4 is 49.6 Å². The monoisotopic (exact) mass is 617 g/mol. The molecule has 42 heavy (non-hydrogen) atoms. The van der Waals surface area contributed by atoms with Crippen LogP contribution in [0.3, 0.4) is 0 Å². The van der Waals surface area contributed by atoms with Crippen molar-refractivity contribution in [2.45, 2.75) is 13.0 Å². The van der Waals surface area contributed by atoms with Gasteiger partial charge in [-0.2, -0.15) is 14.6 Å². The Morgan fingerprint density at radius 2 is 1.95 bits per heavy atom. The van der Waals surface area contributed by atoms with Crippen LogP contribution in [0.25, 0.3) is 27.3 Å². The summed E-state index contributed by atoms with van der Waals surface area (Å²) in [5, 5.41) is 4.49. The molecule has 5 aromatic rings. The van der Waals surface area contributed by atoms with Crippen LogP contribution in [0, 0.1) is 11.6 Å². The minimum Gasteiger partial charge on any atom is -0.490 e. The molecule has 1 fully saturated rings. The second-order valence-electron chi connectivity index (χ2n) is 9.99. The van der Waals surface area contributed by atoms with Crippen LogP contribution in [-0.4, -0.2) is 79.6 Å². The number of halogens is 2. The van der Waals surface area contributed by atoms with Crippen molar-refractivity contribution < 1.29 is 22.1 Å². The lowest BCUT2D eigenvalue weighted by atomic mass is 10.2. The fourth-order valence-corrected chi connectivity index (χ4v) is 6.54. The summed E-state index contributed by atoms with van der Waals surface area (Å²) in [6.45, 7) is 3.49. The summed E-state index contributed by atoms with van der Waals surface area (Å²) in [5.41, 5.74) is 8.28. The van der Waals surface area contributed by atoms with E-state index in [1.54, 1.807) is 29.2 Å². The number of ether oxygens (including phenoxy) is 1. The van der Waals surface area contributed by atoms with Gasteiger partial charge >= 0.3 is 4.87 Å². The van der Waals surface area contributed by atoms with E-state index < -0.39 is 22.4 Å². The molecule has 1 aliphatic rings. The predicted molar refractivity (Wildman–Crippen MR) is 159 cm³/mol. The molecule has 0 aliphatic carbocycles. The molecule has 11 nitrogen and oxygen atoms in total. The predicted octanol–water partition coefficient (Wildman–Crippen LogP) is 3.20. The first-order valence-corrected chi connectivity index (χ1v) is 15.9. The molecule has 1 aromatic carbocycles. The molecular weight excluding hydrogens is 588 g/mol. The molecular formula is C27H29F2N7O4S2. The highest BCUT2D eigenvalue weighted by molar-refractivity contribution is 7.84. The topological polar surface area (TPSA) is 124 Å². The van der Waals surface area contributed by atoms with Crippen molar-refractivity contribution in [1.82, 2.24) is 24.1 Å². The number of aromatic nitrogens is 4. The first kappa shape index (κ1) is 28.3. The second-order valence-corrected chi connectivity index (χ2v) is 12.5. The molecule has 0 saturated carbocycles. The lowest BCUT2D eigenvalue weighted by molar-refractivity contribution is 0.247. The Labute approximate surface area is 245 Å². The van der Waals surface area contributed by atoms with Crippen molar-refractivity contribution in [1.29, 1.82) is 0 Å². The van der Waals surface area contributed by atoms with Gasteiger partial charge in [0.15, 0.2) is 23.0 Å². The van der Waals surface area contributed by atoms with Gasteiger partial charge in [-0.15, -0.1) is 0 Å². The summed E-state index contributed by atoms with van der Waals surface area (Å²) in [4.78, 5) is 21.4. The Morgan fingerprint density at radius 1 is 1.14 bits per heavy atom. The first-order chi connectivity index (χ1) is 20.3. The number of fused-ring (bicyclic) bond motifs is 3.